The highest BCUT2D eigenvalue weighted by molar-refractivity contribution is 7.91. The Bertz CT molecular complexity index is 604. The Balaban J connectivity index is 2.02. The highest BCUT2D eigenvalue weighted by atomic mass is 35.5. The maximum Gasteiger partial charge on any atom is 0.153 e. The third-order valence-electron chi connectivity index (χ3n) is 3.12. The lowest BCUT2D eigenvalue weighted by Gasteiger charge is -2.13. The second kappa shape index (κ2) is 7.30. The van der Waals surface area contributed by atoms with Gasteiger partial charge < -0.3 is 0 Å². The summed E-state index contributed by atoms with van der Waals surface area (Å²) in [6.07, 6.45) is 0. The molecule has 0 aromatic heterocycles. The van der Waals surface area contributed by atoms with E-state index >= 15 is 0 Å². The zero-order valence-electron chi connectivity index (χ0n) is 11.3. The lowest BCUT2D eigenvalue weighted by molar-refractivity contribution is 0.593. The van der Waals surface area contributed by atoms with Crippen molar-refractivity contribution in [3.8, 4) is 0 Å². The SMILES string of the molecule is O=S(=O)(CC(Cl)c1ccccc1)CC(Cl)c1ccccc1. The summed E-state index contributed by atoms with van der Waals surface area (Å²) in [6, 6.07) is 18.4. The van der Waals surface area contributed by atoms with Crippen LogP contribution >= 0.6 is 23.2 Å². The summed E-state index contributed by atoms with van der Waals surface area (Å²) < 4.78 is 24.5. The molecule has 0 aliphatic heterocycles. The Morgan fingerprint density at radius 1 is 0.714 bits per heavy atom. The Morgan fingerprint density at radius 3 is 1.38 bits per heavy atom. The molecule has 2 aromatic rings. The van der Waals surface area contributed by atoms with Gasteiger partial charge in [-0.1, -0.05) is 60.7 Å². The molecular weight excluding hydrogens is 327 g/mol. The van der Waals surface area contributed by atoms with Crippen molar-refractivity contribution in [2.75, 3.05) is 11.5 Å². The first-order chi connectivity index (χ1) is 9.98. The summed E-state index contributed by atoms with van der Waals surface area (Å²) in [4.78, 5) is 0. The van der Waals surface area contributed by atoms with E-state index in [1.165, 1.54) is 0 Å². The first kappa shape index (κ1) is 16.3. The topological polar surface area (TPSA) is 34.1 Å². The molecule has 0 radical (unpaired) electrons. The van der Waals surface area contributed by atoms with Crippen molar-refractivity contribution < 1.29 is 8.42 Å². The Labute approximate surface area is 135 Å². The number of alkyl halides is 2. The molecule has 0 spiro atoms. The predicted octanol–water partition coefficient (Wildman–Crippen LogP) is 4.36. The average molecular weight is 343 g/mol. The van der Waals surface area contributed by atoms with E-state index in [9.17, 15) is 8.42 Å². The molecule has 0 amide bonds. The van der Waals surface area contributed by atoms with Gasteiger partial charge in [0.1, 0.15) is 0 Å². The van der Waals surface area contributed by atoms with E-state index in [0.717, 1.165) is 11.1 Å². The molecular formula is C16H16Cl2O2S. The summed E-state index contributed by atoms with van der Waals surface area (Å²) in [6.45, 7) is 0. The number of hydrogen-bond acceptors (Lipinski definition) is 2. The third-order valence-corrected chi connectivity index (χ3v) is 5.98. The van der Waals surface area contributed by atoms with E-state index in [-0.39, 0.29) is 11.5 Å². The minimum absolute atomic E-state index is 0.116. The molecule has 5 heteroatoms. The largest absolute Gasteiger partial charge is 0.229 e. The molecule has 0 aliphatic carbocycles. The van der Waals surface area contributed by atoms with Gasteiger partial charge in [-0.3, -0.25) is 0 Å². The van der Waals surface area contributed by atoms with Crippen molar-refractivity contribution in [1.29, 1.82) is 0 Å². The van der Waals surface area contributed by atoms with E-state index in [4.69, 9.17) is 23.2 Å². The first-order valence-corrected chi connectivity index (χ1v) is 9.26. The maximum absolute atomic E-state index is 12.2. The third kappa shape index (κ3) is 5.03. The summed E-state index contributed by atoms with van der Waals surface area (Å²) in [5.41, 5.74) is 1.60. The molecule has 0 saturated heterocycles. The summed E-state index contributed by atoms with van der Waals surface area (Å²) in [7, 11) is -3.34. The number of rotatable bonds is 6. The fourth-order valence-electron chi connectivity index (χ4n) is 2.03. The standard InChI is InChI=1S/C16H16Cl2O2S/c17-15(13-7-3-1-4-8-13)11-21(19,20)12-16(18)14-9-5-2-6-10-14/h1-10,15-16H,11-12H2. The van der Waals surface area contributed by atoms with Crippen LogP contribution in [0.2, 0.25) is 0 Å². The Hall–Kier alpha value is -1.03. The minimum atomic E-state index is -3.34. The van der Waals surface area contributed by atoms with Gasteiger partial charge in [0.15, 0.2) is 9.84 Å². The molecule has 0 heterocycles. The van der Waals surface area contributed by atoms with Crippen LogP contribution in [0, 0.1) is 0 Å². The quantitative estimate of drug-likeness (QED) is 0.730. The molecule has 2 aromatic carbocycles. The lowest BCUT2D eigenvalue weighted by Crippen LogP contribution is -2.18. The molecule has 2 rings (SSSR count). The number of halogens is 2. The summed E-state index contributed by atoms with van der Waals surface area (Å²) >= 11 is 12.4. The summed E-state index contributed by atoms with van der Waals surface area (Å²) in [5, 5.41) is -1.12. The molecule has 2 atom stereocenters. The second-order valence-electron chi connectivity index (χ2n) is 4.83. The predicted molar refractivity (Wildman–Crippen MR) is 88.7 cm³/mol. The molecule has 0 N–H and O–H groups in total. The van der Waals surface area contributed by atoms with Gasteiger partial charge in [-0.25, -0.2) is 8.42 Å². The van der Waals surface area contributed by atoms with Crippen LogP contribution in [0.25, 0.3) is 0 Å². The van der Waals surface area contributed by atoms with Gasteiger partial charge >= 0.3 is 0 Å². The fraction of sp³-hybridized carbons (Fsp3) is 0.250. The number of hydrogen-bond donors (Lipinski definition) is 0. The van der Waals surface area contributed by atoms with E-state index in [1.807, 2.05) is 60.7 Å². The zero-order chi connectivity index (χ0) is 15.3. The van der Waals surface area contributed by atoms with E-state index in [2.05, 4.69) is 0 Å². The second-order valence-corrected chi connectivity index (χ2v) is 8.04. The fourth-order valence-corrected chi connectivity index (χ4v) is 4.89. The van der Waals surface area contributed by atoms with E-state index in [0.29, 0.717) is 0 Å². The first-order valence-electron chi connectivity index (χ1n) is 6.56. The van der Waals surface area contributed by atoms with Crippen LogP contribution < -0.4 is 0 Å². The molecule has 2 unspecified atom stereocenters. The monoisotopic (exact) mass is 342 g/mol. The maximum atomic E-state index is 12.2. The van der Waals surface area contributed by atoms with Crippen LogP contribution in [0.5, 0.6) is 0 Å². The molecule has 0 bridgehead atoms. The Morgan fingerprint density at radius 2 is 1.05 bits per heavy atom. The highest BCUT2D eigenvalue weighted by Crippen LogP contribution is 2.26. The molecule has 21 heavy (non-hydrogen) atoms. The van der Waals surface area contributed by atoms with Crippen LogP contribution in [0.15, 0.2) is 60.7 Å². The van der Waals surface area contributed by atoms with Crippen LogP contribution in [0.1, 0.15) is 21.9 Å². The van der Waals surface area contributed by atoms with Gasteiger partial charge in [-0.05, 0) is 11.1 Å². The minimum Gasteiger partial charge on any atom is -0.229 e. The molecule has 0 aliphatic rings. The van der Waals surface area contributed by atoms with Gasteiger partial charge in [-0.2, -0.15) is 0 Å². The van der Waals surface area contributed by atoms with Crippen LogP contribution in [-0.4, -0.2) is 19.9 Å². The molecule has 0 saturated carbocycles. The summed E-state index contributed by atoms with van der Waals surface area (Å²) in [5.74, 6) is -0.233. The van der Waals surface area contributed by atoms with Crippen molar-refractivity contribution >= 4 is 33.0 Å². The van der Waals surface area contributed by atoms with Crippen molar-refractivity contribution in [1.82, 2.24) is 0 Å². The van der Waals surface area contributed by atoms with E-state index < -0.39 is 20.6 Å². The van der Waals surface area contributed by atoms with E-state index in [1.54, 1.807) is 0 Å². The normalized spacial score (nSPS) is 14.6. The number of sulfone groups is 1. The zero-order valence-corrected chi connectivity index (χ0v) is 13.7. The van der Waals surface area contributed by atoms with Gasteiger partial charge in [0.2, 0.25) is 0 Å². The van der Waals surface area contributed by atoms with Crippen molar-refractivity contribution in [2.45, 2.75) is 10.8 Å². The van der Waals surface area contributed by atoms with Gasteiger partial charge in [0.25, 0.3) is 0 Å². The molecule has 2 nitrogen and oxygen atoms in total. The van der Waals surface area contributed by atoms with Crippen LogP contribution in [-0.2, 0) is 9.84 Å². The molecule has 112 valence electrons. The van der Waals surface area contributed by atoms with Crippen LogP contribution in [0.3, 0.4) is 0 Å². The van der Waals surface area contributed by atoms with Gasteiger partial charge in [-0.15, -0.1) is 23.2 Å². The highest BCUT2D eigenvalue weighted by Gasteiger charge is 2.23. The average Bonchev–Trinajstić information content (AvgIpc) is 2.48. The van der Waals surface area contributed by atoms with Crippen molar-refractivity contribution in [3.63, 3.8) is 0 Å². The molecule has 0 fully saturated rings. The lowest BCUT2D eigenvalue weighted by atomic mass is 10.2. The van der Waals surface area contributed by atoms with Gasteiger partial charge in [0, 0.05) is 0 Å². The van der Waals surface area contributed by atoms with Crippen LogP contribution in [0.4, 0.5) is 0 Å². The smallest absolute Gasteiger partial charge is 0.153 e. The Kier molecular flexibility index (Phi) is 5.68. The van der Waals surface area contributed by atoms with Crippen molar-refractivity contribution in [3.05, 3.63) is 71.8 Å². The van der Waals surface area contributed by atoms with Crippen molar-refractivity contribution in [2.24, 2.45) is 0 Å². The van der Waals surface area contributed by atoms with Gasteiger partial charge in [0.05, 0.1) is 22.3 Å². The number of benzene rings is 2.